The lowest BCUT2D eigenvalue weighted by Crippen LogP contribution is -2.36. The fourth-order valence-corrected chi connectivity index (χ4v) is 4.40. The van der Waals surface area contributed by atoms with Crippen molar-refractivity contribution in [3.63, 3.8) is 0 Å². The Labute approximate surface area is 164 Å². The molecule has 1 aromatic heterocycles. The average molecular weight is 376 g/mol. The monoisotopic (exact) mass is 376 g/mol. The topological polar surface area (TPSA) is 54.6 Å². The summed E-state index contributed by atoms with van der Waals surface area (Å²) in [5, 5.41) is 1.15. The van der Waals surface area contributed by atoms with Crippen molar-refractivity contribution in [1.29, 1.82) is 0 Å². The minimum Gasteiger partial charge on any atom is -0.497 e. The van der Waals surface area contributed by atoms with Gasteiger partial charge in [-0.2, -0.15) is 0 Å². The lowest BCUT2D eigenvalue weighted by Gasteiger charge is -2.27. The van der Waals surface area contributed by atoms with Gasteiger partial charge in [0.15, 0.2) is 0 Å². The van der Waals surface area contributed by atoms with Crippen molar-refractivity contribution in [2.75, 3.05) is 13.7 Å². The molecule has 2 aliphatic heterocycles. The second-order valence-corrected chi connectivity index (χ2v) is 7.81. The van der Waals surface area contributed by atoms with Gasteiger partial charge >= 0.3 is 0 Å². The molecule has 1 unspecified atom stereocenters. The molecule has 0 spiro atoms. The van der Waals surface area contributed by atoms with Gasteiger partial charge < -0.3 is 19.4 Å². The van der Waals surface area contributed by atoms with Crippen LogP contribution in [0, 0.1) is 0 Å². The number of carbonyl (C=O) groups excluding carboxylic acids is 1. The van der Waals surface area contributed by atoms with E-state index in [2.05, 4.69) is 24.0 Å². The molecule has 3 heterocycles. The quantitative estimate of drug-likeness (QED) is 0.760. The predicted molar refractivity (Wildman–Crippen MR) is 108 cm³/mol. The number of nitrogens with zero attached hydrogens (tertiary/aromatic N) is 1. The zero-order valence-electron chi connectivity index (χ0n) is 16.2. The SMILES string of the molecule is COc1ccc2[nH]c3c(c2c1)CN(C(=O)Cc1ccc2c(c1)CC(C)O2)CC3. The third kappa shape index (κ3) is 2.91. The molecule has 5 rings (SSSR count). The molecule has 1 atom stereocenters. The first kappa shape index (κ1) is 17.2. The Hall–Kier alpha value is -2.95. The average Bonchev–Trinajstić information content (AvgIpc) is 3.25. The smallest absolute Gasteiger partial charge is 0.227 e. The first-order valence-electron chi connectivity index (χ1n) is 9.84. The van der Waals surface area contributed by atoms with Crippen molar-refractivity contribution < 1.29 is 14.3 Å². The molecular weight excluding hydrogens is 352 g/mol. The maximum absolute atomic E-state index is 13.0. The molecule has 0 saturated carbocycles. The van der Waals surface area contributed by atoms with Crippen LogP contribution in [0.4, 0.5) is 0 Å². The molecule has 0 radical (unpaired) electrons. The van der Waals surface area contributed by atoms with Crippen LogP contribution in [0.25, 0.3) is 10.9 Å². The van der Waals surface area contributed by atoms with Crippen molar-refractivity contribution >= 4 is 16.8 Å². The number of nitrogens with one attached hydrogen (secondary N) is 1. The lowest BCUT2D eigenvalue weighted by molar-refractivity contribution is -0.131. The highest BCUT2D eigenvalue weighted by molar-refractivity contribution is 5.87. The molecule has 0 fully saturated rings. The van der Waals surface area contributed by atoms with E-state index in [4.69, 9.17) is 9.47 Å². The Bertz CT molecular complexity index is 1070. The molecule has 144 valence electrons. The van der Waals surface area contributed by atoms with Gasteiger partial charge in [0.25, 0.3) is 0 Å². The van der Waals surface area contributed by atoms with E-state index in [1.807, 2.05) is 29.2 Å². The van der Waals surface area contributed by atoms with Gasteiger partial charge in [0.2, 0.25) is 5.91 Å². The number of fused-ring (bicyclic) bond motifs is 4. The zero-order chi connectivity index (χ0) is 19.3. The third-order valence-corrected chi connectivity index (χ3v) is 5.85. The van der Waals surface area contributed by atoms with E-state index < -0.39 is 0 Å². The van der Waals surface area contributed by atoms with E-state index in [-0.39, 0.29) is 12.0 Å². The summed E-state index contributed by atoms with van der Waals surface area (Å²) >= 11 is 0. The molecule has 2 aliphatic rings. The largest absolute Gasteiger partial charge is 0.497 e. The van der Waals surface area contributed by atoms with E-state index in [9.17, 15) is 4.79 Å². The van der Waals surface area contributed by atoms with Gasteiger partial charge in [0, 0.05) is 48.1 Å². The van der Waals surface area contributed by atoms with Crippen molar-refractivity contribution in [2.24, 2.45) is 0 Å². The fraction of sp³-hybridized carbons (Fsp3) is 0.348. The number of methoxy groups -OCH3 is 1. The molecule has 1 amide bonds. The van der Waals surface area contributed by atoms with Gasteiger partial charge in [0.05, 0.1) is 13.5 Å². The summed E-state index contributed by atoms with van der Waals surface area (Å²) < 4.78 is 11.1. The number of ether oxygens (including phenoxy) is 2. The number of H-pyrrole nitrogens is 1. The van der Waals surface area contributed by atoms with Crippen LogP contribution in [0.15, 0.2) is 36.4 Å². The van der Waals surface area contributed by atoms with Crippen LogP contribution in [0.2, 0.25) is 0 Å². The molecule has 5 heteroatoms. The van der Waals surface area contributed by atoms with Crippen molar-refractivity contribution in [2.45, 2.75) is 38.8 Å². The highest BCUT2D eigenvalue weighted by Crippen LogP contribution is 2.32. The second kappa shape index (κ2) is 6.59. The Kier molecular flexibility index (Phi) is 4.04. The summed E-state index contributed by atoms with van der Waals surface area (Å²) in [4.78, 5) is 18.5. The fourth-order valence-electron chi connectivity index (χ4n) is 4.40. The van der Waals surface area contributed by atoms with E-state index in [1.165, 1.54) is 16.8 Å². The normalized spacial score (nSPS) is 17.9. The minimum atomic E-state index is 0.176. The first-order valence-corrected chi connectivity index (χ1v) is 9.84. The Morgan fingerprint density at radius 1 is 1.29 bits per heavy atom. The number of hydrogen-bond donors (Lipinski definition) is 1. The molecule has 3 aromatic rings. The van der Waals surface area contributed by atoms with Gasteiger partial charge in [-0.1, -0.05) is 12.1 Å². The number of benzene rings is 2. The maximum atomic E-state index is 13.0. The number of hydrogen-bond acceptors (Lipinski definition) is 3. The minimum absolute atomic E-state index is 0.176. The van der Waals surface area contributed by atoms with Crippen LogP contribution in [0.3, 0.4) is 0 Å². The molecule has 0 bridgehead atoms. The van der Waals surface area contributed by atoms with Crippen molar-refractivity contribution in [3.8, 4) is 11.5 Å². The van der Waals surface area contributed by atoms with Crippen LogP contribution in [0.5, 0.6) is 11.5 Å². The Morgan fingerprint density at radius 2 is 2.18 bits per heavy atom. The molecule has 1 N–H and O–H groups in total. The Morgan fingerprint density at radius 3 is 3.04 bits per heavy atom. The van der Waals surface area contributed by atoms with E-state index in [0.29, 0.717) is 13.0 Å². The molecule has 0 saturated heterocycles. The number of rotatable bonds is 3. The number of amides is 1. The summed E-state index contributed by atoms with van der Waals surface area (Å²) in [5.74, 6) is 1.97. The molecule has 2 aromatic carbocycles. The first-order chi connectivity index (χ1) is 13.6. The van der Waals surface area contributed by atoms with E-state index in [1.54, 1.807) is 7.11 Å². The number of aromatic amines is 1. The molecular formula is C23H24N2O3. The van der Waals surface area contributed by atoms with Gasteiger partial charge in [0.1, 0.15) is 17.6 Å². The van der Waals surface area contributed by atoms with Crippen LogP contribution in [0.1, 0.15) is 29.3 Å². The standard InChI is InChI=1S/C23H24N2O3/c1-14-9-16-10-15(3-6-22(16)28-14)11-23(26)25-8-7-21-19(13-25)18-12-17(27-2)4-5-20(18)24-21/h3-6,10,12,14,24H,7-9,11,13H2,1-2H3. The van der Waals surface area contributed by atoms with Gasteiger partial charge in [-0.25, -0.2) is 0 Å². The van der Waals surface area contributed by atoms with Crippen LogP contribution in [-0.4, -0.2) is 35.5 Å². The van der Waals surface area contributed by atoms with Crippen LogP contribution >= 0.6 is 0 Å². The summed E-state index contributed by atoms with van der Waals surface area (Å²) in [6, 6.07) is 12.2. The van der Waals surface area contributed by atoms with E-state index in [0.717, 1.165) is 47.4 Å². The summed E-state index contributed by atoms with van der Waals surface area (Å²) in [5.41, 5.74) is 5.82. The summed E-state index contributed by atoms with van der Waals surface area (Å²) in [7, 11) is 1.68. The maximum Gasteiger partial charge on any atom is 0.227 e. The van der Waals surface area contributed by atoms with E-state index >= 15 is 0 Å². The Balaban J connectivity index is 1.36. The van der Waals surface area contributed by atoms with Crippen LogP contribution in [-0.2, 0) is 30.6 Å². The predicted octanol–water partition coefficient (Wildman–Crippen LogP) is 3.63. The zero-order valence-corrected chi connectivity index (χ0v) is 16.2. The number of carbonyl (C=O) groups is 1. The molecule has 5 nitrogen and oxygen atoms in total. The molecule has 28 heavy (non-hydrogen) atoms. The third-order valence-electron chi connectivity index (χ3n) is 5.85. The van der Waals surface area contributed by atoms with Gasteiger partial charge in [-0.3, -0.25) is 4.79 Å². The number of aromatic nitrogens is 1. The highest BCUT2D eigenvalue weighted by atomic mass is 16.5. The van der Waals surface area contributed by atoms with Crippen molar-refractivity contribution in [3.05, 3.63) is 58.8 Å². The van der Waals surface area contributed by atoms with Gasteiger partial charge in [-0.05, 0) is 42.3 Å². The highest BCUT2D eigenvalue weighted by Gasteiger charge is 2.25. The van der Waals surface area contributed by atoms with Crippen molar-refractivity contribution in [1.82, 2.24) is 9.88 Å². The van der Waals surface area contributed by atoms with Crippen LogP contribution < -0.4 is 9.47 Å². The summed E-state index contributed by atoms with van der Waals surface area (Å²) in [6.45, 7) is 3.47. The second-order valence-electron chi connectivity index (χ2n) is 7.81. The summed E-state index contributed by atoms with van der Waals surface area (Å²) in [6.07, 6.45) is 2.43. The van der Waals surface area contributed by atoms with Gasteiger partial charge in [-0.15, -0.1) is 0 Å². The lowest BCUT2D eigenvalue weighted by atomic mass is 10.0. The molecule has 0 aliphatic carbocycles.